The summed E-state index contributed by atoms with van der Waals surface area (Å²) in [6.07, 6.45) is 9.30. The van der Waals surface area contributed by atoms with Gasteiger partial charge in [0.25, 0.3) is 11.5 Å². The van der Waals surface area contributed by atoms with Gasteiger partial charge >= 0.3 is 0 Å². The number of amides is 1. The van der Waals surface area contributed by atoms with Crippen LogP contribution in [0.25, 0.3) is 0 Å². The fourth-order valence-electron chi connectivity index (χ4n) is 3.39. The largest absolute Gasteiger partial charge is 0.356 e. The van der Waals surface area contributed by atoms with Crippen LogP contribution in [-0.4, -0.2) is 29.0 Å². The Kier molecular flexibility index (Phi) is 5.93. The first-order chi connectivity index (χ1) is 12.6. The third kappa shape index (κ3) is 4.25. The van der Waals surface area contributed by atoms with E-state index >= 15 is 0 Å². The summed E-state index contributed by atoms with van der Waals surface area (Å²) in [5.74, 6) is 0.609. The van der Waals surface area contributed by atoms with Crippen LogP contribution in [0.5, 0.6) is 0 Å². The van der Waals surface area contributed by atoms with Gasteiger partial charge in [-0.1, -0.05) is 36.9 Å². The molecular formula is C19H23ClN4O2. The second-order valence-electron chi connectivity index (χ2n) is 6.64. The SMILES string of the molecule is CN(c1ncccc1CNC(=O)c1c[nH]c(=O)c(Cl)c1)C1CCCCC1. The fraction of sp³-hybridized carbons (Fsp3) is 0.421. The summed E-state index contributed by atoms with van der Waals surface area (Å²) < 4.78 is 0. The van der Waals surface area contributed by atoms with E-state index in [1.165, 1.54) is 44.4 Å². The fourth-order valence-corrected chi connectivity index (χ4v) is 3.56. The zero-order valence-corrected chi connectivity index (χ0v) is 15.6. The minimum Gasteiger partial charge on any atom is -0.356 e. The molecule has 3 rings (SSSR count). The molecule has 0 spiro atoms. The zero-order chi connectivity index (χ0) is 18.5. The Balaban J connectivity index is 1.70. The number of nitrogens with one attached hydrogen (secondary N) is 2. The van der Waals surface area contributed by atoms with Crippen molar-refractivity contribution in [3.63, 3.8) is 0 Å². The molecule has 1 saturated carbocycles. The number of carbonyl (C=O) groups excluding carboxylic acids is 1. The first kappa shape index (κ1) is 18.5. The molecule has 0 aliphatic heterocycles. The monoisotopic (exact) mass is 374 g/mol. The second kappa shape index (κ2) is 8.36. The highest BCUT2D eigenvalue weighted by Gasteiger charge is 2.21. The van der Waals surface area contributed by atoms with Gasteiger partial charge in [-0.25, -0.2) is 4.98 Å². The average molecular weight is 375 g/mol. The molecule has 2 aromatic heterocycles. The quantitative estimate of drug-likeness (QED) is 0.842. The summed E-state index contributed by atoms with van der Waals surface area (Å²) in [5.41, 5.74) is 0.872. The van der Waals surface area contributed by atoms with Crippen LogP contribution >= 0.6 is 11.6 Å². The van der Waals surface area contributed by atoms with Gasteiger partial charge in [-0.05, 0) is 25.0 Å². The lowest BCUT2D eigenvalue weighted by molar-refractivity contribution is 0.0950. The molecule has 2 aromatic rings. The first-order valence-corrected chi connectivity index (χ1v) is 9.27. The van der Waals surface area contributed by atoms with E-state index < -0.39 is 5.56 Å². The molecule has 1 aliphatic carbocycles. The molecule has 7 heteroatoms. The highest BCUT2D eigenvalue weighted by Crippen LogP contribution is 2.26. The Morgan fingerprint density at radius 3 is 2.88 bits per heavy atom. The van der Waals surface area contributed by atoms with Gasteiger partial charge in [0.2, 0.25) is 0 Å². The van der Waals surface area contributed by atoms with Crippen LogP contribution < -0.4 is 15.8 Å². The molecule has 138 valence electrons. The summed E-state index contributed by atoms with van der Waals surface area (Å²) in [4.78, 5) is 32.9. The Morgan fingerprint density at radius 2 is 2.15 bits per heavy atom. The summed E-state index contributed by atoms with van der Waals surface area (Å²) in [7, 11) is 2.07. The molecule has 1 amide bonds. The maximum Gasteiger partial charge on any atom is 0.266 e. The molecule has 0 saturated heterocycles. The van der Waals surface area contributed by atoms with E-state index in [9.17, 15) is 9.59 Å². The van der Waals surface area contributed by atoms with Crippen LogP contribution in [0.1, 0.15) is 48.0 Å². The van der Waals surface area contributed by atoms with Crippen LogP contribution in [0.2, 0.25) is 5.02 Å². The predicted octanol–water partition coefficient (Wildman–Crippen LogP) is 3.12. The van der Waals surface area contributed by atoms with Crippen LogP contribution in [0, 0.1) is 0 Å². The number of hydrogen-bond acceptors (Lipinski definition) is 4. The highest BCUT2D eigenvalue weighted by molar-refractivity contribution is 6.30. The molecule has 2 heterocycles. The number of H-pyrrole nitrogens is 1. The van der Waals surface area contributed by atoms with Crippen LogP contribution in [0.4, 0.5) is 5.82 Å². The summed E-state index contributed by atoms with van der Waals surface area (Å²) in [6, 6.07) is 5.71. The molecule has 0 atom stereocenters. The van der Waals surface area contributed by atoms with E-state index in [2.05, 4.69) is 27.2 Å². The van der Waals surface area contributed by atoms with Crippen molar-refractivity contribution in [2.45, 2.75) is 44.7 Å². The van der Waals surface area contributed by atoms with Gasteiger partial charge in [0, 0.05) is 37.6 Å². The zero-order valence-electron chi connectivity index (χ0n) is 14.8. The summed E-state index contributed by atoms with van der Waals surface area (Å²) >= 11 is 5.79. The van der Waals surface area contributed by atoms with Crippen LogP contribution in [0.15, 0.2) is 35.4 Å². The van der Waals surface area contributed by atoms with Gasteiger partial charge in [0.15, 0.2) is 0 Å². The van der Waals surface area contributed by atoms with Crippen molar-refractivity contribution >= 4 is 23.3 Å². The molecule has 1 aliphatic rings. The molecule has 0 unspecified atom stereocenters. The number of rotatable bonds is 5. The lowest BCUT2D eigenvalue weighted by Gasteiger charge is -2.33. The maximum atomic E-state index is 12.3. The van der Waals surface area contributed by atoms with E-state index in [0.29, 0.717) is 18.2 Å². The number of halogens is 1. The van der Waals surface area contributed by atoms with Gasteiger partial charge in [-0.3, -0.25) is 9.59 Å². The Labute approximate surface area is 157 Å². The summed E-state index contributed by atoms with van der Waals surface area (Å²) in [5, 5.41) is 2.87. The average Bonchev–Trinajstić information content (AvgIpc) is 2.68. The lowest BCUT2D eigenvalue weighted by Crippen LogP contribution is -2.35. The number of aromatic amines is 1. The molecule has 0 aromatic carbocycles. The molecule has 0 bridgehead atoms. The Bertz CT molecular complexity index is 830. The molecule has 6 nitrogen and oxygen atoms in total. The Morgan fingerprint density at radius 1 is 1.38 bits per heavy atom. The third-order valence-electron chi connectivity index (χ3n) is 4.88. The van der Waals surface area contributed by atoms with Crippen molar-refractivity contribution in [3.8, 4) is 0 Å². The minimum absolute atomic E-state index is 0.00301. The van der Waals surface area contributed by atoms with Gasteiger partial charge < -0.3 is 15.2 Å². The van der Waals surface area contributed by atoms with E-state index in [0.717, 1.165) is 11.4 Å². The van der Waals surface area contributed by atoms with Crippen molar-refractivity contribution in [2.24, 2.45) is 0 Å². The van der Waals surface area contributed by atoms with E-state index in [1.54, 1.807) is 6.20 Å². The summed E-state index contributed by atoms with van der Waals surface area (Å²) in [6.45, 7) is 0.357. The van der Waals surface area contributed by atoms with Crippen LogP contribution in [0.3, 0.4) is 0 Å². The van der Waals surface area contributed by atoms with Gasteiger partial charge in [0.05, 0.1) is 5.56 Å². The van der Waals surface area contributed by atoms with Crippen molar-refractivity contribution in [2.75, 3.05) is 11.9 Å². The van der Waals surface area contributed by atoms with Crippen molar-refractivity contribution in [1.82, 2.24) is 15.3 Å². The third-order valence-corrected chi connectivity index (χ3v) is 5.16. The molecule has 0 radical (unpaired) electrons. The molecule has 26 heavy (non-hydrogen) atoms. The topological polar surface area (TPSA) is 78.1 Å². The van der Waals surface area contributed by atoms with Crippen molar-refractivity contribution in [1.29, 1.82) is 0 Å². The number of nitrogens with zero attached hydrogens (tertiary/aromatic N) is 2. The van der Waals surface area contributed by atoms with E-state index in [1.807, 2.05) is 12.1 Å². The predicted molar refractivity (Wildman–Crippen MR) is 103 cm³/mol. The van der Waals surface area contributed by atoms with Gasteiger partial charge in [0.1, 0.15) is 10.8 Å². The normalized spacial score (nSPS) is 14.8. The number of hydrogen-bond donors (Lipinski definition) is 2. The van der Waals surface area contributed by atoms with E-state index in [4.69, 9.17) is 11.6 Å². The van der Waals surface area contributed by atoms with Crippen LogP contribution in [-0.2, 0) is 6.54 Å². The van der Waals surface area contributed by atoms with Gasteiger partial charge in [-0.15, -0.1) is 0 Å². The van der Waals surface area contributed by atoms with Gasteiger partial charge in [-0.2, -0.15) is 0 Å². The maximum absolute atomic E-state index is 12.3. The highest BCUT2D eigenvalue weighted by atomic mass is 35.5. The molecule has 2 N–H and O–H groups in total. The number of anilines is 1. The number of aromatic nitrogens is 2. The molecule has 1 fully saturated rings. The minimum atomic E-state index is -0.410. The first-order valence-electron chi connectivity index (χ1n) is 8.89. The van der Waals surface area contributed by atoms with Crippen molar-refractivity contribution < 1.29 is 4.79 Å². The van der Waals surface area contributed by atoms with Crippen molar-refractivity contribution in [3.05, 3.63) is 57.1 Å². The number of carbonyl (C=O) groups is 1. The lowest BCUT2D eigenvalue weighted by atomic mass is 9.94. The standard InChI is InChI=1S/C19H23ClN4O2/c1-24(15-7-3-2-4-8-15)17-13(6-5-9-21-17)11-22-18(25)14-10-16(20)19(26)23-12-14/h5-6,9-10,12,15H,2-4,7-8,11H2,1H3,(H,22,25)(H,23,26). The number of pyridine rings is 2. The second-order valence-corrected chi connectivity index (χ2v) is 7.04. The molecular weight excluding hydrogens is 352 g/mol. The van der Waals surface area contributed by atoms with E-state index in [-0.39, 0.29) is 10.9 Å². The smallest absolute Gasteiger partial charge is 0.266 e. The Hall–Kier alpha value is -2.34.